The number of fused-ring (bicyclic) bond motifs is 1. The van der Waals surface area contributed by atoms with E-state index in [1.54, 1.807) is 11.3 Å². The van der Waals surface area contributed by atoms with Gasteiger partial charge in [-0.2, -0.15) is 0 Å². The van der Waals surface area contributed by atoms with Gasteiger partial charge in [0, 0.05) is 43.2 Å². The van der Waals surface area contributed by atoms with Crippen LogP contribution in [0, 0.1) is 33.8 Å². The minimum absolute atomic E-state index is 0. The first-order valence-electron chi connectivity index (χ1n) is 10.0. The molecule has 0 atom stereocenters. The van der Waals surface area contributed by atoms with Crippen molar-refractivity contribution in [3.05, 3.63) is 88.7 Å². The summed E-state index contributed by atoms with van der Waals surface area (Å²) in [6, 6.07) is 20.5. The zero-order chi connectivity index (χ0) is 20.8. The molecule has 5 aromatic rings. The van der Waals surface area contributed by atoms with E-state index < -0.39 is 0 Å². The Morgan fingerprint density at radius 2 is 1.58 bits per heavy atom. The molecule has 0 bridgehead atoms. The summed E-state index contributed by atoms with van der Waals surface area (Å²) in [6.07, 6.45) is 1.94. The Balaban J connectivity index is 0.00000231. The fourth-order valence-corrected chi connectivity index (χ4v) is 4.97. The van der Waals surface area contributed by atoms with E-state index in [0.29, 0.717) is 0 Å². The molecule has 2 aromatic heterocycles. The van der Waals surface area contributed by atoms with Crippen molar-refractivity contribution in [2.45, 2.75) is 27.7 Å². The second-order valence-electron chi connectivity index (χ2n) is 7.76. The molecule has 0 saturated heterocycles. The predicted octanol–water partition coefficient (Wildman–Crippen LogP) is 6.85. The first-order valence-corrected chi connectivity index (χ1v) is 10.9. The van der Waals surface area contributed by atoms with Crippen LogP contribution >= 0.6 is 11.3 Å². The standard InChI is InChI=1S/C26H22N3S.Ir/c1-16-10-11-22(23-25(16)30-15-28-23)26-27-14-19(4)29(26)24-17(2)12-21(13-18(24)3)20-8-6-5-7-9-20;/h5-10,12-15H,1-4H3;/q-1;. The maximum atomic E-state index is 4.78. The Kier molecular flexibility index (Phi) is 5.94. The smallest absolute Gasteiger partial charge is 0.0674 e. The summed E-state index contributed by atoms with van der Waals surface area (Å²) < 4.78 is 3.45. The molecule has 3 aromatic carbocycles. The van der Waals surface area contributed by atoms with Crippen LogP contribution in [0.3, 0.4) is 0 Å². The molecule has 1 radical (unpaired) electrons. The first kappa shape index (κ1) is 21.6. The van der Waals surface area contributed by atoms with Gasteiger partial charge in [-0.15, -0.1) is 29.0 Å². The molecule has 31 heavy (non-hydrogen) atoms. The third kappa shape index (κ3) is 3.67. The number of thiazole rings is 1. The van der Waals surface area contributed by atoms with Crippen LogP contribution in [-0.4, -0.2) is 14.5 Å². The fraction of sp³-hybridized carbons (Fsp3) is 0.154. The average molecular weight is 601 g/mol. The quantitative estimate of drug-likeness (QED) is 0.212. The number of rotatable bonds is 3. The Labute approximate surface area is 200 Å². The van der Waals surface area contributed by atoms with Crippen molar-refractivity contribution in [2.24, 2.45) is 0 Å². The van der Waals surface area contributed by atoms with Gasteiger partial charge in [0.05, 0.1) is 11.3 Å². The van der Waals surface area contributed by atoms with Gasteiger partial charge in [-0.1, -0.05) is 42.8 Å². The number of nitrogens with zero attached hydrogens (tertiary/aromatic N) is 3. The van der Waals surface area contributed by atoms with Crippen LogP contribution in [0.15, 0.2) is 60.2 Å². The van der Waals surface area contributed by atoms with E-state index in [1.807, 2.05) is 17.8 Å². The molecule has 5 heteroatoms. The Bertz CT molecular complexity index is 1360. The maximum absolute atomic E-state index is 4.78. The van der Waals surface area contributed by atoms with Gasteiger partial charge in [-0.05, 0) is 59.9 Å². The van der Waals surface area contributed by atoms with Gasteiger partial charge in [0.2, 0.25) is 0 Å². The van der Waals surface area contributed by atoms with Crippen LogP contribution in [0.5, 0.6) is 0 Å². The van der Waals surface area contributed by atoms with Crippen molar-refractivity contribution in [3.8, 4) is 28.2 Å². The van der Waals surface area contributed by atoms with E-state index in [1.165, 1.54) is 38.2 Å². The van der Waals surface area contributed by atoms with Gasteiger partial charge in [0.15, 0.2) is 0 Å². The molecule has 0 amide bonds. The summed E-state index contributed by atoms with van der Waals surface area (Å²) in [5.41, 5.74) is 12.2. The van der Waals surface area contributed by atoms with Gasteiger partial charge in [0.1, 0.15) is 0 Å². The second-order valence-corrected chi connectivity index (χ2v) is 8.61. The average Bonchev–Trinajstić information content (AvgIpc) is 3.37. The minimum Gasteiger partial charge on any atom is -0.337 e. The van der Waals surface area contributed by atoms with E-state index in [4.69, 9.17) is 4.98 Å². The van der Waals surface area contributed by atoms with Crippen molar-refractivity contribution in [1.82, 2.24) is 14.5 Å². The summed E-state index contributed by atoms with van der Waals surface area (Å²) in [5.74, 6) is 0.891. The third-order valence-electron chi connectivity index (χ3n) is 5.58. The summed E-state index contributed by atoms with van der Waals surface area (Å²) in [7, 11) is 0. The Hall–Kier alpha value is -2.59. The molecule has 157 valence electrons. The Morgan fingerprint density at radius 3 is 2.29 bits per heavy atom. The van der Waals surface area contributed by atoms with Gasteiger partial charge in [-0.25, -0.2) is 0 Å². The van der Waals surface area contributed by atoms with E-state index in [-0.39, 0.29) is 20.1 Å². The number of imidazole rings is 1. The molecule has 2 heterocycles. The van der Waals surface area contributed by atoms with E-state index >= 15 is 0 Å². The summed E-state index contributed by atoms with van der Waals surface area (Å²) in [5, 5.41) is 0. The van der Waals surface area contributed by atoms with Crippen LogP contribution in [0.2, 0.25) is 0 Å². The topological polar surface area (TPSA) is 30.7 Å². The van der Waals surface area contributed by atoms with Gasteiger partial charge in [0.25, 0.3) is 0 Å². The van der Waals surface area contributed by atoms with Crippen molar-refractivity contribution >= 4 is 21.6 Å². The molecular weight excluding hydrogens is 579 g/mol. The molecule has 3 nitrogen and oxygen atoms in total. The molecule has 0 spiro atoms. The molecule has 0 unspecified atom stereocenters. The van der Waals surface area contributed by atoms with Crippen LogP contribution in [0.1, 0.15) is 22.4 Å². The molecular formula is C26H22IrN3S-. The zero-order valence-electron chi connectivity index (χ0n) is 17.9. The minimum atomic E-state index is 0. The molecule has 0 aliphatic rings. The van der Waals surface area contributed by atoms with Crippen molar-refractivity contribution in [1.29, 1.82) is 0 Å². The molecule has 0 fully saturated rings. The van der Waals surface area contributed by atoms with E-state index in [9.17, 15) is 0 Å². The Morgan fingerprint density at radius 1 is 0.871 bits per heavy atom. The zero-order valence-corrected chi connectivity index (χ0v) is 21.1. The monoisotopic (exact) mass is 601 g/mol. The van der Waals surface area contributed by atoms with Gasteiger partial charge < -0.3 is 4.57 Å². The number of aryl methyl sites for hydroxylation is 4. The normalized spacial score (nSPS) is 11.0. The number of benzene rings is 3. The molecule has 0 saturated carbocycles. The molecule has 0 aliphatic carbocycles. The maximum Gasteiger partial charge on any atom is 0.0674 e. The molecule has 0 aliphatic heterocycles. The molecule has 0 N–H and O–H groups in total. The van der Waals surface area contributed by atoms with Crippen LogP contribution in [0.4, 0.5) is 0 Å². The first-order chi connectivity index (χ1) is 14.5. The number of hydrogen-bond acceptors (Lipinski definition) is 3. The van der Waals surface area contributed by atoms with Gasteiger partial charge >= 0.3 is 0 Å². The summed E-state index contributed by atoms with van der Waals surface area (Å²) in [6.45, 7) is 8.56. The second kappa shape index (κ2) is 8.51. The molecule has 5 rings (SSSR count). The SMILES string of the molecule is Cc1cc(-c2ccccc2)cc(C)c1-n1c(C)cnc1-c1[c-]cc(C)c2scnc12.[Ir]. The third-order valence-corrected chi connectivity index (χ3v) is 6.54. The van der Waals surface area contributed by atoms with Crippen LogP contribution < -0.4 is 0 Å². The van der Waals surface area contributed by atoms with E-state index in [0.717, 1.165) is 22.6 Å². The van der Waals surface area contributed by atoms with E-state index in [2.05, 4.69) is 85.8 Å². The summed E-state index contributed by atoms with van der Waals surface area (Å²) >= 11 is 1.67. The number of hydrogen-bond donors (Lipinski definition) is 0. The summed E-state index contributed by atoms with van der Waals surface area (Å²) in [4.78, 5) is 9.41. The largest absolute Gasteiger partial charge is 0.337 e. The van der Waals surface area contributed by atoms with Crippen molar-refractivity contribution in [2.75, 3.05) is 0 Å². The predicted molar refractivity (Wildman–Crippen MR) is 125 cm³/mol. The van der Waals surface area contributed by atoms with Crippen molar-refractivity contribution in [3.63, 3.8) is 0 Å². The number of aromatic nitrogens is 3. The fourth-order valence-electron chi connectivity index (χ4n) is 4.19. The van der Waals surface area contributed by atoms with Crippen molar-refractivity contribution < 1.29 is 20.1 Å². The van der Waals surface area contributed by atoms with Crippen LogP contribution in [0.25, 0.3) is 38.4 Å². The van der Waals surface area contributed by atoms with Gasteiger partial charge in [-0.3, -0.25) is 9.97 Å². The van der Waals surface area contributed by atoms with Crippen LogP contribution in [-0.2, 0) is 20.1 Å².